The summed E-state index contributed by atoms with van der Waals surface area (Å²) >= 11 is 0. The Kier molecular flexibility index (Phi) is 6.64. The topological polar surface area (TPSA) is 101 Å². The fraction of sp³-hybridized carbons (Fsp3) is 0.318. The first-order chi connectivity index (χ1) is 15.0. The monoisotopic (exact) mass is 429 g/mol. The molecule has 1 aliphatic rings. The van der Waals surface area contributed by atoms with Crippen LogP contribution < -0.4 is 23.8 Å². The van der Waals surface area contributed by atoms with Crippen LogP contribution in [-0.4, -0.2) is 59.3 Å². The Labute approximate surface area is 179 Å². The van der Waals surface area contributed by atoms with Crippen LogP contribution >= 0.6 is 0 Å². The molecule has 0 spiro atoms. The maximum absolute atomic E-state index is 12.6. The van der Waals surface area contributed by atoms with Gasteiger partial charge in [-0.15, -0.1) is 0 Å². The van der Waals surface area contributed by atoms with Crippen molar-refractivity contribution in [3.05, 3.63) is 41.5 Å². The third-order valence-electron chi connectivity index (χ3n) is 4.84. The summed E-state index contributed by atoms with van der Waals surface area (Å²) in [4.78, 5) is 38.0. The summed E-state index contributed by atoms with van der Waals surface area (Å²) in [5.74, 6) is -0.384. The van der Waals surface area contributed by atoms with Crippen molar-refractivity contribution >= 4 is 23.3 Å². The van der Waals surface area contributed by atoms with E-state index in [0.717, 1.165) is 0 Å². The van der Waals surface area contributed by atoms with E-state index in [9.17, 15) is 14.4 Å². The zero-order valence-corrected chi connectivity index (χ0v) is 17.7. The molecule has 0 fully saturated rings. The number of methoxy groups -OCH3 is 4. The number of nitrogens with zero attached hydrogens (tertiary/aromatic N) is 1. The second-order valence-electron chi connectivity index (χ2n) is 6.54. The molecule has 2 aromatic rings. The lowest BCUT2D eigenvalue weighted by Gasteiger charge is -2.19. The van der Waals surface area contributed by atoms with Gasteiger partial charge in [0.15, 0.2) is 11.5 Å². The summed E-state index contributed by atoms with van der Waals surface area (Å²) in [5, 5.41) is 0. The lowest BCUT2D eigenvalue weighted by Crippen LogP contribution is -2.31. The summed E-state index contributed by atoms with van der Waals surface area (Å²) in [6.45, 7) is 0.561. The third kappa shape index (κ3) is 4.11. The Morgan fingerprint density at radius 3 is 2.19 bits per heavy atom. The number of fused-ring (bicyclic) bond motifs is 1. The Morgan fingerprint density at radius 2 is 1.61 bits per heavy atom. The summed E-state index contributed by atoms with van der Waals surface area (Å²) in [7, 11) is 5.61. The van der Waals surface area contributed by atoms with Crippen molar-refractivity contribution in [1.29, 1.82) is 0 Å². The zero-order valence-electron chi connectivity index (χ0n) is 17.7. The number of ketones is 1. The Balaban J connectivity index is 1.70. The first-order valence-electron chi connectivity index (χ1n) is 9.47. The van der Waals surface area contributed by atoms with Gasteiger partial charge in [-0.05, 0) is 30.7 Å². The number of anilines is 1. The minimum Gasteiger partial charge on any atom is -0.494 e. The van der Waals surface area contributed by atoms with Gasteiger partial charge >= 0.3 is 5.97 Å². The van der Waals surface area contributed by atoms with E-state index < -0.39 is 17.7 Å². The quantitative estimate of drug-likeness (QED) is 0.341. The average molecular weight is 429 g/mol. The third-order valence-corrected chi connectivity index (χ3v) is 4.84. The smallest absolute Gasteiger partial charge is 0.337 e. The number of esters is 1. The summed E-state index contributed by atoms with van der Waals surface area (Å²) in [6, 6.07) is 8.12. The SMILES string of the molecule is COC(=O)c1ccc(OCCCN2C(=O)C(=O)c3c2cc(OC)c(OC)c3OC)cc1. The molecule has 0 atom stereocenters. The fourth-order valence-corrected chi connectivity index (χ4v) is 3.35. The van der Waals surface area contributed by atoms with Crippen molar-refractivity contribution in [2.45, 2.75) is 6.42 Å². The van der Waals surface area contributed by atoms with Gasteiger partial charge in [0.25, 0.3) is 11.7 Å². The van der Waals surface area contributed by atoms with Gasteiger partial charge in [0.1, 0.15) is 5.75 Å². The molecule has 0 aliphatic carbocycles. The Bertz CT molecular complexity index is 1000. The molecular weight excluding hydrogens is 406 g/mol. The Morgan fingerprint density at radius 1 is 0.935 bits per heavy atom. The highest BCUT2D eigenvalue weighted by Gasteiger charge is 2.40. The van der Waals surface area contributed by atoms with Crippen molar-refractivity contribution in [2.75, 3.05) is 46.5 Å². The van der Waals surface area contributed by atoms with Crippen LogP contribution in [0.15, 0.2) is 30.3 Å². The van der Waals surface area contributed by atoms with E-state index in [1.165, 1.54) is 33.3 Å². The maximum Gasteiger partial charge on any atom is 0.337 e. The molecule has 0 unspecified atom stereocenters. The molecule has 0 N–H and O–H groups in total. The number of benzene rings is 2. The van der Waals surface area contributed by atoms with Crippen LogP contribution in [0.3, 0.4) is 0 Å². The molecule has 3 rings (SSSR count). The summed E-state index contributed by atoms with van der Waals surface area (Å²) in [6.07, 6.45) is 0.466. The van der Waals surface area contributed by atoms with Gasteiger partial charge in [-0.2, -0.15) is 0 Å². The summed E-state index contributed by atoms with van der Waals surface area (Å²) < 4.78 is 26.3. The largest absolute Gasteiger partial charge is 0.494 e. The van der Waals surface area contributed by atoms with E-state index in [1.54, 1.807) is 30.3 Å². The molecular formula is C22H23NO8. The zero-order chi connectivity index (χ0) is 22.5. The molecule has 1 aliphatic heterocycles. The van der Waals surface area contributed by atoms with Crippen LogP contribution in [0.4, 0.5) is 5.69 Å². The molecule has 0 radical (unpaired) electrons. The second kappa shape index (κ2) is 9.38. The molecule has 0 saturated heterocycles. The molecule has 2 aromatic carbocycles. The van der Waals surface area contributed by atoms with Gasteiger partial charge in [-0.3, -0.25) is 9.59 Å². The van der Waals surface area contributed by atoms with Crippen molar-refractivity contribution < 1.29 is 38.1 Å². The van der Waals surface area contributed by atoms with E-state index in [1.807, 2.05) is 0 Å². The average Bonchev–Trinajstić information content (AvgIpc) is 3.04. The molecule has 164 valence electrons. The van der Waals surface area contributed by atoms with Gasteiger partial charge in [0, 0.05) is 12.6 Å². The predicted octanol–water partition coefficient (Wildman–Crippen LogP) is 2.50. The number of amides is 1. The van der Waals surface area contributed by atoms with Crippen LogP contribution in [0.25, 0.3) is 0 Å². The van der Waals surface area contributed by atoms with Gasteiger partial charge in [-0.25, -0.2) is 4.79 Å². The highest BCUT2D eigenvalue weighted by atomic mass is 16.5. The highest BCUT2D eigenvalue weighted by molar-refractivity contribution is 6.53. The minimum atomic E-state index is -0.660. The van der Waals surface area contributed by atoms with Crippen molar-refractivity contribution in [1.82, 2.24) is 0 Å². The number of hydrogen-bond donors (Lipinski definition) is 0. The number of Topliss-reactive ketones (excluding diaryl/α,β-unsaturated/α-hetero) is 1. The molecule has 0 bridgehead atoms. The standard InChI is InChI=1S/C22H23NO8/c1-27-16-12-15-17(20(29-3)19(16)28-2)18(24)21(25)23(15)10-5-11-31-14-8-6-13(7-9-14)22(26)30-4/h6-9,12H,5,10-11H2,1-4H3. The van der Waals surface area contributed by atoms with Gasteiger partial charge in [0.2, 0.25) is 5.75 Å². The number of carbonyl (C=O) groups excluding carboxylic acids is 3. The minimum absolute atomic E-state index is 0.157. The van der Waals surface area contributed by atoms with Crippen molar-refractivity contribution in [2.24, 2.45) is 0 Å². The van der Waals surface area contributed by atoms with Gasteiger partial charge < -0.3 is 28.6 Å². The van der Waals surface area contributed by atoms with E-state index in [2.05, 4.69) is 4.74 Å². The van der Waals surface area contributed by atoms with Crippen LogP contribution in [0.1, 0.15) is 27.1 Å². The molecule has 31 heavy (non-hydrogen) atoms. The lowest BCUT2D eigenvalue weighted by molar-refractivity contribution is -0.114. The van der Waals surface area contributed by atoms with Gasteiger partial charge in [0.05, 0.1) is 51.9 Å². The van der Waals surface area contributed by atoms with E-state index >= 15 is 0 Å². The predicted molar refractivity (Wildman–Crippen MR) is 111 cm³/mol. The van der Waals surface area contributed by atoms with E-state index in [0.29, 0.717) is 35.8 Å². The number of rotatable bonds is 9. The van der Waals surface area contributed by atoms with Crippen molar-refractivity contribution in [3.8, 4) is 23.0 Å². The van der Waals surface area contributed by atoms with Crippen LogP contribution in [0, 0.1) is 0 Å². The molecule has 1 heterocycles. The highest BCUT2D eigenvalue weighted by Crippen LogP contribution is 2.48. The second-order valence-corrected chi connectivity index (χ2v) is 6.54. The first kappa shape index (κ1) is 21.9. The van der Waals surface area contributed by atoms with E-state index in [-0.39, 0.29) is 23.6 Å². The molecule has 0 aromatic heterocycles. The maximum atomic E-state index is 12.6. The fourth-order valence-electron chi connectivity index (χ4n) is 3.35. The molecule has 9 nitrogen and oxygen atoms in total. The molecule has 1 amide bonds. The number of carbonyl (C=O) groups is 3. The lowest BCUT2D eigenvalue weighted by atomic mass is 10.1. The van der Waals surface area contributed by atoms with Crippen LogP contribution in [0.5, 0.6) is 23.0 Å². The summed E-state index contributed by atoms with van der Waals surface area (Å²) in [5.41, 5.74) is 0.988. The normalized spacial score (nSPS) is 12.5. The molecule has 0 saturated carbocycles. The van der Waals surface area contributed by atoms with Crippen LogP contribution in [0.2, 0.25) is 0 Å². The Hall–Kier alpha value is -3.75. The number of hydrogen-bond acceptors (Lipinski definition) is 8. The van der Waals surface area contributed by atoms with E-state index in [4.69, 9.17) is 18.9 Å². The molecule has 9 heteroatoms. The number of ether oxygens (including phenoxy) is 5. The van der Waals surface area contributed by atoms with Crippen molar-refractivity contribution in [3.63, 3.8) is 0 Å². The first-order valence-corrected chi connectivity index (χ1v) is 9.47. The van der Waals surface area contributed by atoms with Gasteiger partial charge in [-0.1, -0.05) is 0 Å². The van der Waals surface area contributed by atoms with Crippen LogP contribution in [-0.2, 0) is 9.53 Å².